The van der Waals surface area contributed by atoms with Crippen LogP contribution in [0, 0.1) is 0 Å². The minimum atomic E-state index is -0.122. The van der Waals surface area contributed by atoms with Gasteiger partial charge in [0.05, 0.1) is 0 Å². The quantitative estimate of drug-likeness (QED) is 0.552. The lowest BCUT2D eigenvalue weighted by Gasteiger charge is -2.21. The van der Waals surface area contributed by atoms with Gasteiger partial charge >= 0.3 is 0 Å². The van der Waals surface area contributed by atoms with Gasteiger partial charge in [0.1, 0.15) is 0 Å². The summed E-state index contributed by atoms with van der Waals surface area (Å²) in [6.45, 7) is 4.76. The molecular formula is C25H31N3O4. The Morgan fingerprint density at radius 3 is 2.59 bits per heavy atom. The molecule has 1 heterocycles. The summed E-state index contributed by atoms with van der Waals surface area (Å²) in [5.41, 5.74) is 3.05. The molecule has 0 spiro atoms. The summed E-state index contributed by atoms with van der Waals surface area (Å²) in [6, 6.07) is 14.6. The number of fused-ring (bicyclic) bond motifs is 1. The van der Waals surface area contributed by atoms with Gasteiger partial charge in [0.2, 0.25) is 12.7 Å². The van der Waals surface area contributed by atoms with Crippen LogP contribution in [0.1, 0.15) is 66.6 Å². The zero-order valence-corrected chi connectivity index (χ0v) is 18.6. The maximum atomic E-state index is 12.3. The first-order chi connectivity index (χ1) is 15.5. The third-order valence-corrected chi connectivity index (χ3v) is 6.24. The van der Waals surface area contributed by atoms with Crippen molar-refractivity contribution in [1.82, 2.24) is 16.0 Å². The molecule has 1 aliphatic heterocycles. The molecule has 1 saturated carbocycles. The zero-order valence-electron chi connectivity index (χ0n) is 18.6. The Bertz CT molecular complexity index is 960. The van der Waals surface area contributed by atoms with E-state index in [1.807, 2.05) is 24.3 Å². The summed E-state index contributed by atoms with van der Waals surface area (Å²) in [5, 5.41) is 9.25. The largest absolute Gasteiger partial charge is 0.454 e. The van der Waals surface area contributed by atoms with Crippen molar-refractivity contribution in [2.45, 2.75) is 51.1 Å². The Balaban J connectivity index is 1.28. The summed E-state index contributed by atoms with van der Waals surface area (Å²) < 4.78 is 11.2. The van der Waals surface area contributed by atoms with Crippen molar-refractivity contribution in [3.05, 3.63) is 59.2 Å². The van der Waals surface area contributed by atoms with Gasteiger partial charge in [-0.25, -0.2) is 0 Å². The molecule has 0 aromatic heterocycles. The fraction of sp³-hybridized carbons (Fsp3) is 0.440. The van der Waals surface area contributed by atoms with Crippen LogP contribution < -0.4 is 25.4 Å². The number of amides is 2. The van der Waals surface area contributed by atoms with Gasteiger partial charge in [-0.1, -0.05) is 24.3 Å². The van der Waals surface area contributed by atoms with E-state index in [2.05, 4.69) is 41.1 Å². The standard InChI is InChI=1S/C25H31N3O4/c1-16(22-4-3-5-23-24(22)32-15-31-23)28-21-11-10-20(14-21)18-6-8-19(9-7-18)25(30)27-13-12-26-17(2)29/h3-9,16,20-21,28H,10-15H2,1-2H3,(H,26,29)(H,27,30)/t16-,20?,21+/m1/s1. The number of hydrogen-bond acceptors (Lipinski definition) is 5. The fourth-order valence-electron chi connectivity index (χ4n) is 4.60. The summed E-state index contributed by atoms with van der Waals surface area (Å²) in [4.78, 5) is 23.1. The zero-order chi connectivity index (χ0) is 22.5. The molecule has 1 unspecified atom stereocenters. The normalized spacial score (nSPS) is 20.1. The molecule has 7 heteroatoms. The van der Waals surface area contributed by atoms with E-state index >= 15 is 0 Å². The van der Waals surface area contributed by atoms with Crippen molar-refractivity contribution in [2.24, 2.45) is 0 Å². The van der Waals surface area contributed by atoms with Crippen molar-refractivity contribution >= 4 is 11.8 Å². The summed E-state index contributed by atoms with van der Waals surface area (Å²) in [6.07, 6.45) is 3.31. The summed E-state index contributed by atoms with van der Waals surface area (Å²) in [5.74, 6) is 1.94. The number of carbonyl (C=O) groups is 2. The van der Waals surface area contributed by atoms with Crippen LogP contribution in [0.4, 0.5) is 0 Å². The number of ether oxygens (including phenoxy) is 2. The van der Waals surface area contributed by atoms with Crippen LogP contribution in [-0.4, -0.2) is 37.7 Å². The Morgan fingerprint density at radius 2 is 1.81 bits per heavy atom. The van der Waals surface area contributed by atoms with Crippen LogP contribution in [0.15, 0.2) is 42.5 Å². The van der Waals surface area contributed by atoms with E-state index in [4.69, 9.17) is 9.47 Å². The number of benzene rings is 2. The Labute approximate surface area is 188 Å². The van der Waals surface area contributed by atoms with Crippen molar-refractivity contribution < 1.29 is 19.1 Å². The highest BCUT2D eigenvalue weighted by Gasteiger charge is 2.28. The van der Waals surface area contributed by atoms with Gasteiger partial charge in [0.25, 0.3) is 5.91 Å². The highest BCUT2D eigenvalue weighted by molar-refractivity contribution is 5.94. The van der Waals surface area contributed by atoms with Crippen LogP contribution >= 0.6 is 0 Å². The van der Waals surface area contributed by atoms with Crippen LogP contribution in [0.5, 0.6) is 11.5 Å². The summed E-state index contributed by atoms with van der Waals surface area (Å²) >= 11 is 0. The lowest BCUT2D eigenvalue weighted by molar-refractivity contribution is -0.118. The number of rotatable bonds is 8. The Morgan fingerprint density at radius 1 is 1.03 bits per heavy atom. The topological polar surface area (TPSA) is 88.7 Å². The molecule has 3 N–H and O–H groups in total. The van der Waals surface area contributed by atoms with Crippen molar-refractivity contribution in [3.8, 4) is 11.5 Å². The number of nitrogens with one attached hydrogen (secondary N) is 3. The SMILES string of the molecule is CC(=O)NCCNC(=O)c1ccc(C2CC[C@H](N[C@H](C)c3cccc4c3OCO4)C2)cc1. The number of hydrogen-bond donors (Lipinski definition) is 3. The molecule has 2 aliphatic rings. The molecule has 7 nitrogen and oxygen atoms in total. The van der Waals surface area contributed by atoms with E-state index in [0.29, 0.717) is 30.6 Å². The molecule has 32 heavy (non-hydrogen) atoms. The van der Waals surface area contributed by atoms with Crippen LogP contribution in [0.25, 0.3) is 0 Å². The fourth-order valence-corrected chi connectivity index (χ4v) is 4.60. The molecule has 3 atom stereocenters. The average molecular weight is 438 g/mol. The number of carbonyl (C=O) groups excluding carboxylic acids is 2. The Kier molecular flexibility index (Phi) is 6.95. The molecule has 0 bridgehead atoms. The molecule has 2 amide bonds. The molecule has 4 rings (SSSR count). The predicted octanol–water partition coefficient (Wildman–Crippen LogP) is 3.27. The summed E-state index contributed by atoms with van der Waals surface area (Å²) in [7, 11) is 0. The van der Waals surface area contributed by atoms with E-state index in [0.717, 1.165) is 36.3 Å². The molecule has 2 aromatic rings. The van der Waals surface area contributed by atoms with Gasteiger partial charge in [0.15, 0.2) is 11.5 Å². The van der Waals surface area contributed by atoms with Gasteiger partial charge in [0, 0.05) is 43.2 Å². The second-order valence-electron chi connectivity index (χ2n) is 8.54. The van der Waals surface area contributed by atoms with Crippen LogP contribution in [0.3, 0.4) is 0 Å². The minimum Gasteiger partial charge on any atom is -0.454 e. The first kappa shape index (κ1) is 22.1. The third kappa shape index (κ3) is 5.22. The Hall–Kier alpha value is -3.06. The van der Waals surface area contributed by atoms with E-state index in [9.17, 15) is 9.59 Å². The first-order valence-electron chi connectivity index (χ1n) is 11.3. The lowest BCUT2D eigenvalue weighted by atomic mass is 9.96. The van der Waals surface area contributed by atoms with E-state index < -0.39 is 0 Å². The van der Waals surface area contributed by atoms with Crippen molar-refractivity contribution in [1.29, 1.82) is 0 Å². The monoisotopic (exact) mass is 437 g/mol. The average Bonchev–Trinajstić information content (AvgIpc) is 3.46. The second-order valence-corrected chi connectivity index (χ2v) is 8.54. The molecule has 0 radical (unpaired) electrons. The predicted molar refractivity (Wildman–Crippen MR) is 122 cm³/mol. The van der Waals surface area contributed by atoms with Gasteiger partial charge < -0.3 is 25.4 Å². The molecule has 170 valence electrons. The smallest absolute Gasteiger partial charge is 0.251 e. The van der Waals surface area contributed by atoms with Gasteiger partial charge in [-0.3, -0.25) is 9.59 Å². The van der Waals surface area contributed by atoms with Crippen molar-refractivity contribution in [2.75, 3.05) is 19.9 Å². The lowest BCUT2D eigenvalue weighted by Crippen LogP contribution is -2.33. The van der Waals surface area contributed by atoms with Gasteiger partial charge in [-0.15, -0.1) is 0 Å². The third-order valence-electron chi connectivity index (χ3n) is 6.24. The van der Waals surface area contributed by atoms with Crippen molar-refractivity contribution in [3.63, 3.8) is 0 Å². The van der Waals surface area contributed by atoms with E-state index in [1.54, 1.807) is 0 Å². The van der Waals surface area contributed by atoms with Gasteiger partial charge in [-0.05, 0) is 55.9 Å². The van der Waals surface area contributed by atoms with Gasteiger partial charge in [-0.2, -0.15) is 0 Å². The second kappa shape index (κ2) is 10.0. The minimum absolute atomic E-state index is 0.0996. The molecule has 0 saturated heterocycles. The highest BCUT2D eigenvalue weighted by Crippen LogP contribution is 2.40. The molecule has 1 fully saturated rings. The van der Waals surface area contributed by atoms with E-state index in [1.165, 1.54) is 12.5 Å². The first-order valence-corrected chi connectivity index (χ1v) is 11.3. The molecule has 1 aliphatic carbocycles. The number of para-hydroxylation sites is 1. The van der Waals surface area contributed by atoms with Crippen LogP contribution in [0.2, 0.25) is 0 Å². The van der Waals surface area contributed by atoms with Crippen LogP contribution in [-0.2, 0) is 4.79 Å². The van der Waals surface area contributed by atoms with E-state index in [-0.39, 0.29) is 24.6 Å². The molecule has 2 aromatic carbocycles. The maximum Gasteiger partial charge on any atom is 0.251 e. The maximum absolute atomic E-state index is 12.3. The molecular weight excluding hydrogens is 406 g/mol. The highest BCUT2D eigenvalue weighted by atomic mass is 16.7.